The number of nitrogens with zero attached hydrogens (tertiary/aromatic N) is 1. The smallest absolute Gasteiger partial charge is 0.407 e. The van der Waals surface area contributed by atoms with E-state index < -0.39 is 18.3 Å². The van der Waals surface area contributed by atoms with Crippen molar-refractivity contribution in [3.63, 3.8) is 0 Å². The second kappa shape index (κ2) is 8.56. The number of aromatic nitrogens is 2. The molecular weight excluding hydrogens is 384 g/mol. The number of carbonyl (C=O) groups excluding carboxylic acids is 1. The SMILES string of the molecule is Nc1[nH]ncc1C(O)C(O)CCNC(=O)OCC1c2ccccc2-c2ccccc21. The van der Waals surface area contributed by atoms with Crippen molar-refractivity contribution >= 4 is 11.9 Å². The fourth-order valence-corrected chi connectivity index (χ4v) is 3.88. The molecule has 0 spiro atoms. The van der Waals surface area contributed by atoms with Crippen LogP contribution in [0.4, 0.5) is 10.6 Å². The maximum Gasteiger partial charge on any atom is 0.407 e. The highest BCUT2D eigenvalue weighted by molar-refractivity contribution is 5.79. The molecule has 0 saturated heterocycles. The Kier molecular flexibility index (Phi) is 5.69. The van der Waals surface area contributed by atoms with Gasteiger partial charge in [0.25, 0.3) is 0 Å². The number of fused-ring (bicyclic) bond motifs is 3. The van der Waals surface area contributed by atoms with Crippen LogP contribution in [0.3, 0.4) is 0 Å². The third-order valence-corrected chi connectivity index (χ3v) is 5.44. The average molecular weight is 408 g/mol. The summed E-state index contributed by atoms with van der Waals surface area (Å²) in [6, 6.07) is 16.2. The highest BCUT2D eigenvalue weighted by Crippen LogP contribution is 2.44. The number of ether oxygens (including phenoxy) is 1. The maximum absolute atomic E-state index is 12.1. The van der Waals surface area contributed by atoms with Gasteiger partial charge in [-0.15, -0.1) is 0 Å². The normalized spacial score (nSPS) is 14.6. The summed E-state index contributed by atoms with van der Waals surface area (Å²) >= 11 is 0. The van der Waals surface area contributed by atoms with E-state index in [1.54, 1.807) is 0 Å². The minimum absolute atomic E-state index is 0.0142. The molecule has 0 saturated carbocycles. The monoisotopic (exact) mass is 408 g/mol. The van der Waals surface area contributed by atoms with Crippen LogP contribution < -0.4 is 11.1 Å². The topological polar surface area (TPSA) is 133 Å². The Morgan fingerprint density at radius 3 is 2.37 bits per heavy atom. The van der Waals surface area contributed by atoms with Crippen LogP contribution in [0.15, 0.2) is 54.7 Å². The minimum atomic E-state index is -1.19. The Morgan fingerprint density at radius 1 is 1.13 bits per heavy atom. The first-order chi connectivity index (χ1) is 14.6. The molecule has 156 valence electrons. The van der Waals surface area contributed by atoms with E-state index in [4.69, 9.17) is 10.5 Å². The van der Waals surface area contributed by atoms with Gasteiger partial charge in [-0.05, 0) is 28.7 Å². The molecule has 1 aromatic heterocycles. The van der Waals surface area contributed by atoms with Crippen molar-refractivity contribution < 1.29 is 19.7 Å². The van der Waals surface area contributed by atoms with E-state index in [1.165, 1.54) is 6.20 Å². The highest BCUT2D eigenvalue weighted by Gasteiger charge is 2.29. The van der Waals surface area contributed by atoms with Gasteiger partial charge in [-0.3, -0.25) is 5.10 Å². The molecule has 2 aromatic carbocycles. The summed E-state index contributed by atoms with van der Waals surface area (Å²) in [5.74, 6) is 0.186. The lowest BCUT2D eigenvalue weighted by Gasteiger charge is -2.18. The summed E-state index contributed by atoms with van der Waals surface area (Å²) in [7, 11) is 0. The zero-order valence-electron chi connectivity index (χ0n) is 16.3. The fraction of sp³-hybridized carbons (Fsp3) is 0.273. The number of alkyl carbamates (subject to hydrolysis) is 1. The van der Waals surface area contributed by atoms with E-state index in [-0.39, 0.29) is 31.3 Å². The molecule has 0 aliphatic heterocycles. The van der Waals surface area contributed by atoms with E-state index in [0.29, 0.717) is 5.56 Å². The second-order valence-corrected chi connectivity index (χ2v) is 7.29. The number of rotatable bonds is 7. The van der Waals surface area contributed by atoms with Crippen molar-refractivity contribution in [2.24, 2.45) is 0 Å². The van der Waals surface area contributed by atoms with Crippen molar-refractivity contribution in [2.75, 3.05) is 18.9 Å². The van der Waals surface area contributed by atoms with Gasteiger partial charge in [0.2, 0.25) is 0 Å². The van der Waals surface area contributed by atoms with Gasteiger partial charge >= 0.3 is 6.09 Å². The third kappa shape index (κ3) is 3.87. The molecular formula is C22H24N4O4. The summed E-state index contributed by atoms with van der Waals surface area (Å²) in [4.78, 5) is 12.1. The minimum Gasteiger partial charge on any atom is -0.449 e. The molecule has 4 rings (SSSR count). The Morgan fingerprint density at radius 2 is 1.77 bits per heavy atom. The van der Waals surface area contributed by atoms with Gasteiger partial charge in [-0.25, -0.2) is 4.79 Å². The lowest BCUT2D eigenvalue weighted by atomic mass is 9.98. The number of carbonyl (C=O) groups is 1. The van der Waals surface area contributed by atoms with E-state index in [0.717, 1.165) is 22.3 Å². The van der Waals surface area contributed by atoms with Crippen LogP contribution in [-0.4, -0.2) is 45.8 Å². The first kappa shape index (κ1) is 19.9. The molecule has 6 N–H and O–H groups in total. The summed E-state index contributed by atoms with van der Waals surface area (Å²) in [5, 5.41) is 29.1. The van der Waals surface area contributed by atoms with Gasteiger partial charge in [0.05, 0.1) is 12.3 Å². The summed E-state index contributed by atoms with van der Waals surface area (Å²) in [5.41, 5.74) is 10.6. The molecule has 2 atom stereocenters. The van der Waals surface area contributed by atoms with Crippen molar-refractivity contribution in [1.29, 1.82) is 0 Å². The number of anilines is 1. The molecule has 30 heavy (non-hydrogen) atoms. The molecule has 0 radical (unpaired) electrons. The van der Waals surface area contributed by atoms with Gasteiger partial charge in [0, 0.05) is 18.0 Å². The van der Waals surface area contributed by atoms with Crippen molar-refractivity contribution in [3.05, 3.63) is 71.4 Å². The molecule has 1 amide bonds. The van der Waals surface area contributed by atoms with E-state index >= 15 is 0 Å². The number of aliphatic hydroxyl groups excluding tert-OH is 2. The van der Waals surface area contributed by atoms with Gasteiger partial charge in [-0.1, -0.05) is 48.5 Å². The number of nitrogen functional groups attached to an aromatic ring is 1. The molecule has 1 aliphatic carbocycles. The molecule has 0 fully saturated rings. The number of benzene rings is 2. The molecule has 8 heteroatoms. The van der Waals surface area contributed by atoms with E-state index in [9.17, 15) is 15.0 Å². The van der Waals surface area contributed by atoms with Gasteiger partial charge < -0.3 is 26.0 Å². The lowest BCUT2D eigenvalue weighted by Crippen LogP contribution is -2.30. The third-order valence-electron chi connectivity index (χ3n) is 5.44. The zero-order valence-corrected chi connectivity index (χ0v) is 16.3. The largest absolute Gasteiger partial charge is 0.449 e. The maximum atomic E-state index is 12.1. The molecule has 0 bridgehead atoms. The van der Waals surface area contributed by atoms with Crippen LogP contribution in [0.5, 0.6) is 0 Å². The number of nitrogens with one attached hydrogen (secondary N) is 2. The summed E-state index contributed by atoms with van der Waals surface area (Å²) < 4.78 is 5.44. The zero-order chi connectivity index (χ0) is 21.1. The van der Waals surface area contributed by atoms with Gasteiger partial charge in [0.15, 0.2) is 0 Å². The first-order valence-corrected chi connectivity index (χ1v) is 9.80. The fourth-order valence-electron chi connectivity index (χ4n) is 3.88. The van der Waals surface area contributed by atoms with Crippen LogP contribution in [0.2, 0.25) is 0 Å². The van der Waals surface area contributed by atoms with Crippen LogP contribution in [0, 0.1) is 0 Å². The summed E-state index contributed by atoms with van der Waals surface area (Å²) in [6.07, 6.45) is -1.36. The van der Waals surface area contributed by atoms with Crippen LogP contribution >= 0.6 is 0 Å². The van der Waals surface area contributed by atoms with E-state index in [2.05, 4.69) is 39.8 Å². The number of aliphatic hydroxyl groups is 2. The second-order valence-electron chi connectivity index (χ2n) is 7.29. The predicted molar refractivity (Wildman–Crippen MR) is 112 cm³/mol. The van der Waals surface area contributed by atoms with Crippen LogP contribution in [0.1, 0.15) is 35.1 Å². The van der Waals surface area contributed by atoms with Gasteiger partial charge in [-0.2, -0.15) is 5.10 Å². The number of hydrogen-bond acceptors (Lipinski definition) is 6. The molecule has 8 nitrogen and oxygen atoms in total. The molecule has 3 aromatic rings. The number of amides is 1. The Hall–Kier alpha value is -3.36. The predicted octanol–water partition coefficient (Wildman–Crippen LogP) is 2.31. The van der Waals surface area contributed by atoms with E-state index in [1.807, 2.05) is 24.3 Å². The molecule has 2 unspecified atom stereocenters. The lowest BCUT2D eigenvalue weighted by molar-refractivity contribution is 0.0141. The summed E-state index contributed by atoms with van der Waals surface area (Å²) in [6.45, 7) is 0.364. The van der Waals surface area contributed by atoms with Gasteiger partial charge in [0.1, 0.15) is 18.5 Å². The first-order valence-electron chi connectivity index (χ1n) is 9.80. The van der Waals surface area contributed by atoms with Crippen LogP contribution in [0.25, 0.3) is 11.1 Å². The molecule has 1 heterocycles. The number of H-pyrrole nitrogens is 1. The Labute approximate surface area is 173 Å². The van der Waals surface area contributed by atoms with Crippen molar-refractivity contribution in [3.8, 4) is 11.1 Å². The number of hydrogen-bond donors (Lipinski definition) is 5. The van der Waals surface area contributed by atoms with Crippen LogP contribution in [-0.2, 0) is 4.74 Å². The number of aromatic amines is 1. The Balaban J connectivity index is 1.29. The standard InChI is InChI=1S/C22H24N4O4/c23-21-17(11-25-26-21)20(28)19(27)9-10-24-22(29)30-12-18-15-7-3-1-5-13(15)14-6-2-4-8-16(14)18/h1-8,11,18-20,27-28H,9-10,12H2,(H,24,29)(H3,23,25,26). The quantitative estimate of drug-likeness (QED) is 0.407. The average Bonchev–Trinajstić information content (AvgIpc) is 3.33. The highest BCUT2D eigenvalue weighted by atomic mass is 16.5. The van der Waals surface area contributed by atoms with Crippen molar-refractivity contribution in [1.82, 2.24) is 15.5 Å². The molecule has 1 aliphatic rings. The number of nitrogens with two attached hydrogens (primary N) is 1. The van der Waals surface area contributed by atoms with Crippen molar-refractivity contribution in [2.45, 2.75) is 24.5 Å². The Bertz CT molecular complexity index is 990.